The Balaban J connectivity index is 1.36. The lowest BCUT2D eigenvalue weighted by Gasteiger charge is -2.39. The number of hydrogen-bond acceptors (Lipinski definition) is 1. The van der Waals surface area contributed by atoms with Crippen molar-refractivity contribution in [3.63, 3.8) is 0 Å². The van der Waals surface area contributed by atoms with Crippen LogP contribution in [-0.2, 0) is 0 Å². The van der Waals surface area contributed by atoms with Crippen molar-refractivity contribution >= 4 is 0 Å². The second-order valence-corrected chi connectivity index (χ2v) is 8.65. The Hall–Kier alpha value is -0.300. The molecule has 0 saturated heterocycles. The molecule has 1 heteroatoms. The van der Waals surface area contributed by atoms with Gasteiger partial charge in [-0.2, -0.15) is 0 Å². The second-order valence-electron chi connectivity index (χ2n) is 8.65. The third kappa shape index (κ3) is 4.37. The lowest BCUT2D eigenvalue weighted by atomic mass is 9.70. The Morgan fingerprint density at radius 1 is 0.682 bits per heavy atom. The third-order valence-electron chi connectivity index (χ3n) is 7.08. The molecule has 0 atom stereocenters. The SMILES string of the molecule is C=CC1CCC(C2CCC(NC3CCC(C)CC3)CC2)CC1. The van der Waals surface area contributed by atoms with Crippen LogP contribution < -0.4 is 5.32 Å². The zero-order valence-electron chi connectivity index (χ0n) is 14.7. The fourth-order valence-corrected chi connectivity index (χ4v) is 5.37. The predicted molar refractivity (Wildman–Crippen MR) is 95.9 cm³/mol. The first-order valence-corrected chi connectivity index (χ1v) is 10.1. The van der Waals surface area contributed by atoms with E-state index < -0.39 is 0 Å². The zero-order valence-corrected chi connectivity index (χ0v) is 14.7. The minimum atomic E-state index is 0.822. The van der Waals surface area contributed by atoms with Crippen molar-refractivity contribution in [2.24, 2.45) is 23.7 Å². The summed E-state index contributed by atoms with van der Waals surface area (Å²) in [7, 11) is 0. The molecule has 0 aromatic heterocycles. The van der Waals surface area contributed by atoms with Crippen LogP contribution in [-0.4, -0.2) is 12.1 Å². The van der Waals surface area contributed by atoms with Gasteiger partial charge in [-0.05, 0) is 101 Å². The molecule has 3 fully saturated rings. The van der Waals surface area contributed by atoms with Gasteiger partial charge in [0, 0.05) is 12.1 Å². The molecular formula is C21H37N. The summed E-state index contributed by atoms with van der Waals surface area (Å²) < 4.78 is 0. The van der Waals surface area contributed by atoms with Gasteiger partial charge in [0.2, 0.25) is 0 Å². The van der Waals surface area contributed by atoms with Gasteiger partial charge in [0.1, 0.15) is 0 Å². The van der Waals surface area contributed by atoms with E-state index in [0.29, 0.717) is 0 Å². The lowest BCUT2D eigenvalue weighted by molar-refractivity contribution is 0.155. The Labute approximate surface area is 138 Å². The number of nitrogens with one attached hydrogen (secondary N) is 1. The first-order chi connectivity index (χ1) is 10.7. The minimum absolute atomic E-state index is 0.822. The highest BCUT2D eigenvalue weighted by atomic mass is 15.0. The smallest absolute Gasteiger partial charge is 0.00698 e. The molecule has 0 radical (unpaired) electrons. The van der Waals surface area contributed by atoms with Crippen LogP contribution in [0, 0.1) is 23.7 Å². The van der Waals surface area contributed by atoms with Gasteiger partial charge in [0.25, 0.3) is 0 Å². The number of allylic oxidation sites excluding steroid dienone is 1. The van der Waals surface area contributed by atoms with E-state index in [-0.39, 0.29) is 0 Å². The van der Waals surface area contributed by atoms with Gasteiger partial charge < -0.3 is 5.32 Å². The fourth-order valence-electron chi connectivity index (χ4n) is 5.37. The van der Waals surface area contributed by atoms with E-state index >= 15 is 0 Å². The van der Waals surface area contributed by atoms with Crippen molar-refractivity contribution in [1.82, 2.24) is 5.32 Å². The number of rotatable bonds is 4. The standard InChI is InChI=1S/C21H37N/c1-3-17-6-8-18(9-7-17)19-10-14-21(15-11-19)22-20-12-4-16(2)5-13-20/h3,16-22H,1,4-15H2,2H3. The summed E-state index contributed by atoms with van der Waals surface area (Å²) in [5.41, 5.74) is 0. The monoisotopic (exact) mass is 303 g/mol. The molecule has 0 unspecified atom stereocenters. The molecule has 22 heavy (non-hydrogen) atoms. The van der Waals surface area contributed by atoms with Crippen LogP contribution in [0.1, 0.15) is 84.0 Å². The van der Waals surface area contributed by atoms with Crippen LogP contribution in [0.5, 0.6) is 0 Å². The van der Waals surface area contributed by atoms with E-state index in [1.807, 2.05) is 0 Å². The molecule has 1 nitrogen and oxygen atoms in total. The predicted octanol–water partition coefficient (Wildman–Crippen LogP) is 5.71. The Kier molecular flexibility index (Phi) is 6.02. The molecule has 0 aliphatic heterocycles. The largest absolute Gasteiger partial charge is 0.311 e. The Bertz CT molecular complexity index is 326. The van der Waals surface area contributed by atoms with Gasteiger partial charge in [0.15, 0.2) is 0 Å². The normalized spacial score (nSPS) is 43.7. The summed E-state index contributed by atoms with van der Waals surface area (Å²) in [6.45, 7) is 6.40. The van der Waals surface area contributed by atoms with Gasteiger partial charge in [-0.3, -0.25) is 0 Å². The maximum atomic E-state index is 4.00. The van der Waals surface area contributed by atoms with Crippen LogP contribution in [0.4, 0.5) is 0 Å². The molecule has 0 aromatic rings. The van der Waals surface area contributed by atoms with Crippen LogP contribution in [0.3, 0.4) is 0 Å². The van der Waals surface area contributed by atoms with Crippen molar-refractivity contribution in [3.05, 3.63) is 12.7 Å². The molecule has 126 valence electrons. The maximum absolute atomic E-state index is 4.00. The van der Waals surface area contributed by atoms with Crippen LogP contribution >= 0.6 is 0 Å². The molecule has 0 heterocycles. The Morgan fingerprint density at radius 3 is 1.64 bits per heavy atom. The van der Waals surface area contributed by atoms with Crippen molar-refractivity contribution < 1.29 is 0 Å². The average Bonchev–Trinajstić information content (AvgIpc) is 2.58. The zero-order chi connectivity index (χ0) is 15.4. The van der Waals surface area contributed by atoms with Gasteiger partial charge in [-0.25, -0.2) is 0 Å². The van der Waals surface area contributed by atoms with E-state index in [9.17, 15) is 0 Å². The van der Waals surface area contributed by atoms with Gasteiger partial charge in [-0.1, -0.05) is 13.0 Å². The van der Waals surface area contributed by atoms with E-state index in [1.54, 1.807) is 0 Å². The second kappa shape index (κ2) is 7.99. The molecule has 0 aromatic carbocycles. The topological polar surface area (TPSA) is 12.0 Å². The summed E-state index contributed by atoms with van der Waals surface area (Å²) in [5.74, 6) is 3.87. The molecule has 1 N–H and O–H groups in total. The summed E-state index contributed by atoms with van der Waals surface area (Å²) in [5, 5.41) is 4.00. The maximum Gasteiger partial charge on any atom is 0.00698 e. The molecule has 3 aliphatic rings. The highest BCUT2D eigenvalue weighted by Crippen LogP contribution is 2.40. The van der Waals surface area contributed by atoms with E-state index in [2.05, 4.69) is 24.9 Å². The van der Waals surface area contributed by atoms with Crippen molar-refractivity contribution in [2.45, 2.75) is 96.1 Å². The summed E-state index contributed by atoms with van der Waals surface area (Å²) in [4.78, 5) is 0. The van der Waals surface area contributed by atoms with Gasteiger partial charge in [-0.15, -0.1) is 6.58 Å². The highest BCUT2D eigenvalue weighted by Gasteiger charge is 2.31. The van der Waals surface area contributed by atoms with E-state index in [4.69, 9.17) is 0 Å². The van der Waals surface area contributed by atoms with Crippen molar-refractivity contribution in [2.75, 3.05) is 0 Å². The molecule has 0 spiro atoms. The first kappa shape index (κ1) is 16.6. The molecule has 3 aliphatic carbocycles. The molecule has 0 amide bonds. The highest BCUT2D eigenvalue weighted by molar-refractivity contribution is 4.89. The van der Waals surface area contributed by atoms with Crippen molar-refractivity contribution in [1.29, 1.82) is 0 Å². The summed E-state index contributed by atoms with van der Waals surface area (Å²) >= 11 is 0. The average molecular weight is 304 g/mol. The van der Waals surface area contributed by atoms with E-state index in [0.717, 1.165) is 35.8 Å². The van der Waals surface area contributed by atoms with Gasteiger partial charge >= 0.3 is 0 Å². The lowest BCUT2D eigenvalue weighted by Crippen LogP contribution is -2.42. The molecule has 3 saturated carbocycles. The third-order valence-corrected chi connectivity index (χ3v) is 7.08. The van der Waals surface area contributed by atoms with Crippen LogP contribution in [0.25, 0.3) is 0 Å². The first-order valence-electron chi connectivity index (χ1n) is 10.1. The molecule has 3 rings (SSSR count). The Morgan fingerprint density at radius 2 is 1.14 bits per heavy atom. The van der Waals surface area contributed by atoms with Gasteiger partial charge in [0.05, 0.1) is 0 Å². The van der Waals surface area contributed by atoms with Crippen LogP contribution in [0.2, 0.25) is 0 Å². The van der Waals surface area contributed by atoms with Crippen molar-refractivity contribution in [3.8, 4) is 0 Å². The molecular weight excluding hydrogens is 266 g/mol. The summed E-state index contributed by atoms with van der Waals surface area (Å²) in [6, 6.07) is 1.67. The number of hydrogen-bond donors (Lipinski definition) is 1. The molecule has 0 bridgehead atoms. The quantitative estimate of drug-likeness (QED) is 0.656. The summed E-state index contributed by atoms with van der Waals surface area (Å²) in [6.07, 6.45) is 19.6. The van der Waals surface area contributed by atoms with E-state index in [1.165, 1.54) is 77.0 Å². The fraction of sp³-hybridized carbons (Fsp3) is 0.905. The van der Waals surface area contributed by atoms with Crippen LogP contribution in [0.15, 0.2) is 12.7 Å². The minimum Gasteiger partial charge on any atom is -0.311 e.